The summed E-state index contributed by atoms with van der Waals surface area (Å²) >= 11 is 0. The van der Waals surface area contributed by atoms with E-state index >= 15 is 0 Å². The fourth-order valence-corrected chi connectivity index (χ4v) is 2.18. The van der Waals surface area contributed by atoms with Gasteiger partial charge >= 0.3 is 0 Å². The van der Waals surface area contributed by atoms with Crippen molar-refractivity contribution in [2.45, 2.75) is 13.2 Å². The number of amides is 1. The normalized spacial score (nSPS) is 16.4. The van der Waals surface area contributed by atoms with Crippen LogP contribution in [0.15, 0.2) is 18.2 Å². The van der Waals surface area contributed by atoms with Gasteiger partial charge < -0.3 is 25.4 Å². The quantitative estimate of drug-likeness (QED) is 0.691. The van der Waals surface area contributed by atoms with E-state index in [0.717, 1.165) is 0 Å². The maximum atomic E-state index is 14.1. The summed E-state index contributed by atoms with van der Waals surface area (Å²) in [5, 5.41) is 14.7. The van der Waals surface area contributed by atoms with Crippen molar-refractivity contribution in [3.05, 3.63) is 24.0 Å². The van der Waals surface area contributed by atoms with Crippen LogP contribution < -0.4 is 15.5 Å². The number of aliphatic hydroxyl groups excluding tert-OH is 1. The van der Waals surface area contributed by atoms with Gasteiger partial charge in [-0.15, -0.1) is 0 Å². The number of benzene rings is 1. The predicted molar refractivity (Wildman–Crippen MR) is 77.7 cm³/mol. The van der Waals surface area contributed by atoms with Crippen LogP contribution in [0.2, 0.25) is 0 Å². The van der Waals surface area contributed by atoms with Crippen LogP contribution in [0.4, 0.5) is 15.8 Å². The number of ether oxygens (including phenoxy) is 1. The molecular weight excluding hydrogens is 277 g/mol. The first-order valence-corrected chi connectivity index (χ1v) is 6.87. The van der Waals surface area contributed by atoms with Crippen molar-refractivity contribution in [3.63, 3.8) is 0 Å². The van der Waals surface area contributed by atoms with Gasteiger partial charge in [-0.25, -0.2) is 4.39 Å². The molecule has 0 radical (unpaired) electrons. The number of nitrogens with zero attached hydrogens (tertiary/aromatic N) is 1. The molecule has 0 bridgehead atoms. The first kappa shape index (κ1) is 15.5. The Balaban J connectivity index is 1.93. The van der Waals surface area contributed by atoms with E-state index in [0.29, 0.717) is 37.7 Å². The lowest BCUT2D eigenvalue weighted by Crippen LogP contribution is -2.38. The highest BCUT2D eigenvalue weighted by molar-refractivity contribution is 5.73. The second kappa shape index (κ2) is 7.24. The third kappa shape index (κ3) is 4.57. The molecule has 1 unspecified atom stereocenters. The van der Waals surface area contributed by atoms with Gasteiger partial charge in [0.1, 0.15) is 12.0 Å². The third-order valence-corrected chi connectivity index (χ3v) is 3.17. The highest BCUT2D eigenvalue weighted by atomic mass is 19.1. The lowest BCUT2D eigenvalue weighted by Gasteiger charge is -2.29. The molecule has 1 saturated heterocycles. The van der Waals surface area contributed by atoms with E-state index in [-0.39, 0.29) is 18.3 Å². The van der Waals surface area contributed by atoms with Gasteiger partial charge in [-0.3, -0.25) is 4.79 Å². The summed E-state index contributed by atoms with van der Waals surface area (Å²) in [4.78, 5) is 12.7. The standard InChI is InChI=1S/C14H20FN3O3/c1-10(19)17-14(20)9-16-11-2-3-13(12(15)8-11)18-4-6-21-7-5-18/h2-3,8,14,16,20H,4-7,9H2,1H3,(H,17,19). The SMILES string of the molecule is CC(=O)NC(O)CNc1ccc(N2CCOCC2)c(F)c1. The number of halogens is 1. The molecule has 0 spiro atoms. The van der Waals surface area contributed by atoms with Crippen LogP contribution in [0.5, 0.6) is 0 Å². The number of morpholine rings is 1. The van der Waals surface area contributed by atoms with E-state index in [2.05, 4.69) is 10.6 Å². The summed E-state index contributed by atoms with van der Waals surface area (Å²) in [7, 11) is 0. The van der Waals surface area contributed by atoms with Gasteiger partial charge in [-0.2, -0.15) is 0 Å². The van der Waals surface area contributed by atoms with Crippen molar-refractivity contribution >= 4 is 17.3 Å². The number of aliphatic hydroxyl groups is 1. The van der Waals surface area contributed by atoms with E-state index < -0.39 is 6.23 Å². The maximum absolute atomic E-state index is 14.1. The summed E-state index contributed by atoms with van der Waals surface area (Å²) < 4.78 is 19.4. The van der Waals surface area contributed by atoms with Gasteiger partial charge in [0.2, 0.25) is 5.91 Å². The molecule has 116 valence electrons. The number of carbonyl (C=O) groups is 1. The lowest BCUT2D eigenvalue weighted by molar-refractivity contribution is -0.121. The van der Waals surface area contributed by atoms with Crippen molar-refractivity contribution < 1.29 is 19.0 Å². The van der Waals surface area contributed by atoms with Crippen molar-refractivity contribution in [2.75, 3.05) is 43.1 Å². The predicted octanol–water partition coefficient (Wildman–Crippen LogP) is 0.529. The van der Waals surface area contributed by atoms with Crippen molar-refractivity contribution in [3.8, 4) is 0 Å². The number of anilines is 2. The van der Waals surface area contributed by atoms with Crippen LogP contribution in [0.3, 0.4) is 0 Å². The molecule has 2 rings (SSSR count). The van der Waals surface area contributed by atoms with E-state index in [4.69, 9.17) is 4.74 Å². The van der Waals surface area contributed by atoms with Gasteiger partial charge in [0.15, 0.2) is 0 Å². The number of hydrogen-bond acceptors (Lipinski definition) is 5. The van der Waals surface area contributed by atoms with Gasteiger partial charge in [0.05, 0.1) is 25.4 Å². The minimum Gasteiger partial charge on any atom is -0.380 e. The lowest BCUT2D eigenvalue weighted by atomic mass is 10.2. The number of nitrogens with one attached hydrogen (secondary N) is 2. The van der Waals surface area contributed by atoms with Crippen LogP contribution >= 0.6 is 0 Å². The molecule has 0 saturated carbocycles. The molecule has 1 aliphatic rings. The third-order valence-electron chi connectivity index (χ3n) is 3.17. The minimum absolute atomic E-state index is 0.107. The summed E-state index contributed by atoms with van der Waals surface area (Å²) in [5.74, 6) is -0.644. The molecular formula is C14H20FN3O3. The number of carbonyl (C=O) groups excluding carboxylic acids is 1. The summed E-state index contributed by atoms with van der Waals surface area (Å²) in [6.45, 7) is 3.97. The molecule has 1 amide bonds. The summed E-state index contributed by atoms with van der Waals surface area (Å²) in [6, 6.07) is 4.83. The van der Waals surface area contributed by atoms with Crippen molar-refractivity contribution in [1.82, 2.24) is 5.32 Å². The molecule has 1 aromatic carbocycles. The van der Waals surface area contributed by atoms with Crippen LogP contribution in [0.25, 0.3) is 0 Å². The Labute approximate surface area is 122 Å². The Morgan fingerprint density at radius 2 is 2.19 bits per heavy atom. The topological polar surface area (TPSA) is 73.8 Å². The Morgan fingerprint density at radius 3 is 2.81 bits per heavy atom. The second-order valence-electron chi connectivity index (χ2n) is 4.86. The first-order chi connectivity index (χ1) is 10.1. The largest absolute Gasteiger partial charge is 0.380 e. The molecule has 6 nitrogen and oxygen atoms in total. The average molecular weight is 297 g/mol. The smallest absolute Gasteiger partial charge is 0.218 e. The summed E-state index contributed by atoms with van der Waals surface area (Å²) in [5.41, 5.74) is 1.10. The molecule has 1 aromatic rings. The first-order valence-electron chi connectivity index (χ1n) is 6.87. The van der Waals surface area contributed by atoms with Crippen LogP contribution in [0.1, 0.15) is 6.92 Å². The van der Waals surface area contributed by atoms with Crippen molar-refractivity contribution in [1.29, 1.82) is 0 Å². The zero-order valence-electron chi connectivity index (χ0n) is 11.9. The molecule has 0 aliphatic carbocycles. The Morgan fingerprint density at radius 1 is 1.48 bits per heavy atom. The van der Waals surface area contributed by atoms with Gasteiger partial charge in [-0.05, 0) is 18.2 Å². The Kier molecular flexibility index (Phi) is 5.35. The van der Waals surface area contributed by atoms with E-state index in [1.807, 2.05) is 4.90 Å². The van der Waals surface area contributed by atoms with Crippen LogP contribution in [0, 0.1) is 5.82 Å². The van der Waals surface area contributed by atoms with Crippen LogP contribution in [-0.2, 0) is 9.53 Å². The Hall–Kier alpha value is -1.86. The van der Waals surface area contributed by atoms with Crippen LogP contribution in [-0.4, -0.2) is 50.1 Å². The zero-order valence-corrected chi connectivity index (χ0v) is 11.9. The minimum atomic E-state index is -1.01. The number of rotatable bonds is 5. The molecule has 1 heterocycles. The number of hydrogen-bond donors (Lipinski definition) is 3. The van der Waals surface area contributed by atoms with Gasteiger partial charge in [0.25, 0.3) is 0 Å². The van der Waals surface area contributed by atoms with Crippen molar-refractivity contribution in [2.24, 2.45) is 0 Å². The fraction of sp³-hybridized carbons (Fsp3) is 0.500. The van der Waals surface area contributed by atoms with E-state index in [1.165, 1.54) is 13.0 Å². The molecule has 3 N–H and O–H groups in total. The van der Waals surface area contributed by atoms with Gasteiger partial charge in [-0.1, -0.05) is 0 Å². The zero-order chi connectivity index (χ0) is 15.2. The highest BCUT2D eigenvalue weighted by Crippen LogP contribution is 2.23. The average Bonchev–Trinajstić information content (AvgIpc) is 2.45. The molecule has 1 atom stereocenters. The Bertz CT molecular complexity index is 492. The molecule has 0 aromatic heterocycles. The van der Waals surface area contributed by atoms with E-state index in [1.54, 1.807) is 12.1 Å². The highest BCUT2D eigenvalue weighted by Gasteiger charge is 2.15. The van der Waals surface area contributed by atoms with E-state index in [9.17, 15) is 14.3 Å². The maximum Gasteiger partial charge on any atom is 0.218 e. The second-order valence-corrected chi connectivity index (χ2v) is 4.86. The monoisotopic (exact) mass is 297 g/mol. The van der Waals surface area contributed by atoms with Gasteiger partial charge in [0, 0.05) is 25.7 Å². The fourth-order valence-electron chi connectivity index (χ4n) is 2.18. The molecule has 7 heteroatoms. The molecule has 1 fully saturated rings. The molecule has 1 aliphatic heterocycles. The molecule has 21 heavy (non-hydrogen) atoms. The summed E-state index contributed by atoms with van der Waals surface area (Å²) in [6.07, 6.45) is -1.01.